The summed E-state index contributed by atoms with van der Waals surface area (Å²) in [6.45, 7) is 2.44. The van der Waals surface area contributed by atoms with Crippen LogP contribution in [0.4, 0.5) is 11.6 Å². The number of halogens is 1. The molecule has 0 radical (unpaired) electrons. The standard InChI is InChI=1S/C7H9ClN4O2/c1-2-10-6-4(8)11-3(7(13)14)5(9)12-6/h2H2,1H3,(H,13,14)(H3,9,10,12). The van der Waals surface area contributed by atoms with Gasteiger partial charge in [0.25, 0.3) is 0 Å². The number of carboxylic acids is 1. The first-order valence-corrected chi connectivity index (χ1v) is 4.24. The third-order valence-corrected chi connectivity index (χ3v) is 1.69. The van der Waals surface area contributed by atoms with Crippen LogP contribution in [0.1, 0.15) is 17.4 Å². The van der Waals surface area contributed by atoms with E-state index in [1.807, 2.05) is 6.92 Å². The number of aromatic nitrogens is 2. The maximum absolute atomic E-state index is 10.6. The first-order chi connectivity index (χ1) is 6.56. The van der Waals surface area contributed by atoms with E-state index in [0.29, 0.717) is 6.54 Å². The Morgan fingerprint density at radius 1 is 1.64 bits per heavy atom. The fourth-order valence-electron chi connectivity index (χ4n) is 0.865. The van der Waals surface area contributed by atoms with Gasteiger partial charge in [-0.3, -0.25) is 0 Å². The van der Waals surface area contributed by atoms with Crippen LogP contribution in [-0.4, -0.2) is 27.6 Å². The van der Waals surface area contributed by atoms with Crippen LogP contribution in [0, 0.1) is 0 Å². The van der Waals surface area contributed by atoms with Gasteiger partial charge in [0.05, 0.1) is 0 Å². The van der Waals surface area contributed by atoms with Crippen LogP contribution in [-0.2, 0) is 0 Å². The Kier molecular flexibility index (Phi) is 3.08. The van der Waals surface area contributed by atoms with E-state index in [9.17, 15) is 4.79 Å². The molecule has 6 nitrogen and oxygen atoms in total. The number of nitrogens with zero attached hydrogens (tertiary/aromatic N) is 2. The Labute approximate surface area is 85.1 Å². The molecule has 0 amide bonds. The van der Waals surface area contributed by atoms with Gasteiger partial charge in [0.2, 0.25) is 0 Å². The summed E-state index contributed by atoms with van der Waals surface area (Å²) >= 11 is 5.67. The monoisotopic (exact) mass is 216 g/mol. The number of nitrogens with two attached hydrogens (primary N) is 1. The zero-order valence-electron chi connectivity index (χ0n) is 7.41. The third kappa shape index (κ3) is 2.02. The Balaban J connectivity index is 3.17. The number of hydrogen-bond donors (Lipinski definition) is 3. The molecule has 0 saturated heterocycles. The molecule has 1 aromatic rings. The summed E-state index contributed by atoms with van der Waals surface area (Å²) in [6.07, 6.45) is 0. The van der Waals surface area contributed by atoms with Gasteiger partial charge in [-0.05, 0) is 6.92 Å². The average molecular weight is 217 g/mol. The van der Waals surface area contributed by atoms with Crippen LogP contribution in [0.2, 0.25) is 5.15 Å². The molecule has 1 rings (SSSR count). The van der Waals surface area contributed by atoms with Crippen LogP contribution in [0.5, 0.6) is 0 Å². The molecular formula is C7H9ClN4O2. The predicted octanol–water partition coefficient (Wildman–Crippen LogP) is 0.842. The van der Waals surface area contributed by atoms with Gasteiger partial charge in [0.1, 0.15) is 0 Å². The Morgan fingerprint density at radius 2 is 2.29 bits per heavy atom. The predicted molar refractivity (Wildman–Crippen MR) is 52.6 cm³/mol. The minimum Gasteiger partial charge on any atom is -0.476 e. The van der Waals surface area contributed by atoms with Crippen molar-refractivity contribution < 1.29 is 9.90 Å². The molecule has 4 N–H and O–H groups in total. The lowest BCUT2D eigenvalue weighted by atomic mass is 10.4. The summed E-state index contributed by atoms with van der Waals surface area (Å²) in [5, 5.41) is 11.5. The highest BCUT2D eigenvalue weighted by atomic mass is 35.5. The Morgan fingerprint density at radius 3 is 2.79 bits per heavy atom. The second-order valence-electron chi connectivity index (χ2n) is 2.43. The van der Waals surface area contributed by atoms with Crippen molar-refractivity contribution >= 4 is 29.2 Å². The zero-order chi connectivity index (χ0) is 10.7. The van der Waals surface area contributed by atoms with Crippen LogP contribution in [0.3, 0.4) is 0 Å². The Bertz CT molecular complexity index is 369. The molecule has 1 aromatic heterocycles. The molecular weight excluding hydrogens is 208 g/mol. The van der Waals surface area contributed by atoms with Crippen molar-refractivity contribution in [3.8, 4) is 0 Å². The second-order valence-corrected chi connectivity index (χ2v) is 2.79. The molecule has 1 heterocycles. The minimum absolute atomic E-state index is 0.00144. The molecule has 14 heavy (non-hydrogen) atoms. The summed E-state index contributed by atoms with van der Waals surface area (Å²) in [7, 11) is 0. The Hall–Kier alpha value is -1.56. The van der Waals surface area contributed by atoms with Crippen LogP contribution >= 0.6 is 11.6 Å². The zero-order valence-corrected chi connectivity index (χ0v) is 8.17. The SMILES string of the molecule is CCNc1nc(N)c(C(=O)O)nc1Cl. The summed E-state index contributed by atoms with van der Waals surface area (Å²) in [4.78, 5) is 18.0. The van der Waals surface area contributed by atoms with E-state index in [2.05, 4.69) is 15.3 Å². The van der Waals surface area contributed by atoms with Gasteiger partial charge in [0.15, 0.2) is 22.5 Å². The van der Waals surface area contributed by atoms with Gasteiger partial charge in [0, 0.05) is 6.54 Å². The van der Waals surface area contributed by atoms with Crippen molar-refractivity contribution in [3.63, 3.8) is 0 Å². The van der Waals surface area contributed by atoms with E-state index in [1.165, 1.54) is 0 Å². The van der Waals surface area contributed by atoms with Crippen molar-refractivity contribution in [2.24, 2.45) is 0 Å². The topological polar surface area (TPSA) is 101 Å². The molecule has 0 aliphatic rings. The quantitative estimate of drug-likeness (QED) is 0.692. The highest BCUT2D eigenvalue weighted by molar-refractivity contribution is 6.31. The molecule has 0 spiro atoms. The van der Waals surface area contributed by atoms with E-state index in [0.717, 1.165) is 0 Å². The van der Waals surface area contributed by atoms with Crippen molar-refractivity contribution in [1.29, 1.82) is 0 Å². The molecule has 0 bridgehead atoms. The first kappa shape index (κ1) is 10.5. The fourth-order valence-corrected chi connectivity index (χ4v) is 1.06. The minimum atomic E-state index is -1.25. The van der Waals surface area contributed by atoms with E-state index in [-0.39, 0.29) is 22.5 Å². The number of carbonyl (C=O) groups is 1. The number of nitrogens with one attached hydrogen (secondary N) is 1. The number of rotatable bonds is 3. The average Bonchev–Trinajstić information content (AvgIpc) is 2.10. The number of aromatic carboxylic acids is 1. The molecule has 7 heteroatoms. The van der Waals surface area contributed by atoms with E-state index < -0.39 is 5.97 Å². The lowest BCUT2D eigenvalue weighted by Gasteiger charge is -2.06. The van der Waals surface area contributed by atoms with Gasteiger partial charge < -0.3 is 16.2 Å². The molecule has 0 fully saturated rings. The summed E-state index contributed by atoms with van der Waals surface area (Å²) in [5.74, 6) is -1.12. The molecule has 0 aromatic carbocycles. The molecule has 0 aliphatic carbocycles. The number of nitrogen functional groups attached to an aromatic ring is 1. The number of anilines is 2. The van der Waals surface area contributed by atoms with E-state index in [4.69, 9.17) is 22.4 Å². The molecule has 0 aliphatic heterocycles. The van der Waals surface area contributed by atoms with E-state index in [1.54, 1.807) is 0 Å². The van der Waals surface area contributed by atoms with Gasteiger partial charge in [-0.15, -0.1) is 0 Å². The van der Waals surface area contributed by atoms with Gasteiger partial charge >= 0.3 is 5.97 Å². The van der Waals surface area contributed by atoms with Gasteiger partial charge in [-0.2, -0.15) is 0 Å². The highest BCUT2D eigenvalue weighted by Gasteiger charge is 2.15. The molecule has 76 valence electrons. The lowest BCUT2D eigenvalue weighted by molar-refractivity contribution is 0.0691. The van der Waals surface area contributed by atoms with Crippen LogP contribution in [0.15, 0.2) is 0 Å². The first-order valence-electron chi connectivity index (χ1n) is 3.86. The van der Waals surface area contributed by atoms with Crippen molar-refractivity contribution in [3.05, 3.63) is 10.8 Å². The van der Waals surface area contributed by atoms with Crippen LogP contribution < -0.4 is 11.1 Å². The van der Waals surface area contributed by atoms with Gasteiger partial charge in [-0.25, -0.2) is 14.8 Å². The smallest absolute Gasteiger partial charge is 0.358 e. The highest BCUT2D eigenvalue weighted by Crippen LogP contribution is 2.19. The van der Waals surface area contributed by atoms with Crippen LogP contribution in [0.25, 0.3) is 0 Å². The maximum atomic E-state index is 10.6. The summed E-state index contributed by atoms with van der Waals surface area (Å²) < 4.78 is 0. The second kappa shape index (κ2) is 4.10. The number of hydrogen-bond acceptors (Lipinski definition) is 5. The molecule has 0 atom stereocenters. The molecule has 0 saturated carbocycles. The largest absolute Gasteiger partial charge is 0.476 e. The summed E-state index contributed by atoms with van der Waals surface area (Å²) in [5.41, 5.74) is 5.03. The normalized spacial score (nSPS) is 9.86. The fraction of sp³-hybridized carbons (Fsp3) is 0.286. The maximum Gasteiger partial charge on any atom is 0.358 e. The number of carboxylic acid groups (broad SMARTS) is 1. The summed E-state index contributed by atoms with van der Waals surface area (Å²) in [6, 6.07) is 0. The van der Waals surface area contributed by atoms with Crippen molar-refractivity contribution in [1.82, 2.24) is 9.97 Å². The third-order valence-electron chi connectivity index (χ3n) is 1.43. The lowest BCUT2D eigenvalue weighted by Crippen LogP contribution is -2.11. The van der Waals surface area contributed by atoms with E-state index >= 15 is 0 Å². The van der Waals surface area contributed by atoms with Crippen molar-refractivity contribution in [2.45, 2.75) is 6.92 Å². The molecule has 0 unspecified atom stereocenters. The van der Waals surface area contributed by atoms with Gasteiger partial charge in [-0.1, -0.05) is 11.6 Å². The van der Waals surface area contributed by atoms with Crippen molar-refractivity contribution in [2.75, 3.05) is 17.6 Å².